The summed E-state index contributed by atoms with van der Waals surface area (Å²) in [5, 5.41) is 9.59. The fourth-order valence-corrected chi connectivity index (χ4v) is 6.28. The molecule has 0 heterocycles. The molecule has 1 atom stereocenters. The van der Waals surface area contributed by atoms with Gasteiger partial charge < -0.3 is 14.6 Å². The van der Waals surface area contributed by atoms with Crippen LogP contribution >= 0.6 is 0 Å². The molecule has 4 heteroatoms. The van der Waals surface area contributed by atoms with Crippen molar-refractivity contribution in [3.05, 3.63) is 36.5 Å². The predicted octanol–water partition coefficient (Wildman–Crippen LogP) is 14.1. The van der Waals surface area contributed by atoms with E-state index in [-0.39, 0.29) is 12.6 Å². The van der Waals surface area contributed by atoms with Gasteiger partial charge in [0.15, 0.2) is 0 Å². The third-order valence-electron chi connectivity index (χ3n) is 9.48. The van der Waals surface area contributed by atoms with Crippen molar-refractivity contribution in [2.75, 3.05) is 19.8 Å². The zero-order chi connectivity index (χ0) is 35.6. The third kappa shape index (κ3) is 40.9. The van der Waals surface area contributed by atoms with E-state index in [4.69, 9.17) is 9.47 Å². The van der Waals surface area contributed by atoms with Gasteiger partial charge in [-0.2, -0.15) is 0 Å². The first-order valence-electron chi connectivity index (χ1n) is 21.6. The van der Waals surface area contributed by atoms with Gasteiger partial charge in [-0.1, -0.05) is 204 Å². The minimum absolute atomic E-state index is 0.176. The van der Waals surface area contributed by atoms with Crippen LogP contribution in [-0.2, 0) is 14.3 Å². The zero-order valence-electron chi connectivity index (χ0n) is 33.0. The van der Waals surface area contributed by atoms with Gasteiger partial charge in [0.05, 0.1) is 13.2 Å². The fraction of sp³-hybridized carbons (Fsp3) is 0.844. The molecule has 4 nitrogen and oxygen atoms in total. The Balaban J connectivity index is 3.39. The van der Waals surface area contributed by atoms with Crippen LogP contribution in [0.3, 0.4) is 0 Å². The topological polar surface area (TPSA) is 55.8 Å². The maximum atomic E-state index is 12.2. The third-order valence-corrected chi connectivity index (χ3v) is 9.48. The number of carbonyl (C=O) groups excluding carboxylic acids is 1. The van der Waals surface area contributed by atoms with Crippen LogP contribution in [0.25, 0.3) is 0 Å². The summed E-state index contributed by atoms with van der Waals surface area (Å²) in [6.07, 6.45) is 53.5. The number of hydrogen-bond acceptors (Lipinski definition) is 4. The monoisotopic (exact) mass is 689 g/mol. The molecule has 0 aliphatic heterocycles. The highest BCUT2D eigenvalue weighted by molar-refractivity contribution is 5.69. The highest BCUT2D eigenvalue weighted by Crippen LogP contribution is 2.15. The minimum atomic E-state index is -0.540. The van der Waals surface area contributed by atoms with Gasteiger partial charge in [-0.25, -0.2) is 0 Å². The van der Waals surface area contributed by atoms with E-state index in [1.165, 1.54) is 148 Å². The summed E-state index contributed by atoms with van der Waals surface area (Å²) in [5.41, 5.74) is 0. The molecule has 0 aliphatic rings. The number of aliphatic hydroxyl groups is 1. The summed E-state index contributed by atoms with van der Waals surface area (Å²) >= 11 is 0. The van der Waals surface area contributed by atoms with Crippen LogP contribution in [0.4, 0.5) is 0 Å². The number of ether oxygens (including phenoxy) is 2. The maximum absolute atomic E-state index is 12.2. The summed E-state index contributed by atoms with van der Waals surface area (Å²) in [7, 11) is 0. The van der Waals surface area contributed by atoms with E-state index >= 15 is 0 Å². The molecular weight excluding hydrogens is 604 g/mol. The quantitative estimate of drug-likeness (QED) is 0.0395. The lowest BCUT2D eigenvalue weighted by Gasteiger charge is -2.15. The highest BCUT2D eigenvalue weighted by atomic mass is 16.6. The van der Waals surface area contributed by atoms with Gasteiger partial charge in [0.25, 0.3) is 0 Å². The average molecular weight is 689 g/mol. The molecule has 0 rings (SSSR count). The maximum Gasteiger partial charge on any atom is 0.306 e. The number of unbranched alkanes of at least 4 members (excludes halogenated alkanes) is 26. The van der Waals surface area contributed by atoms with Crippen LogP contribution in [-0.4, -0.2) is 37.0 Å². The second-order valence-corrected chi connectivity index (χ2v) is 14.4. The summed E-state index contributed by atoms with van der Waals surface area (Å²) in [5.74, 6) is -0.215. The molecule has 0 amide bonds. The molecule has 0 aromatic carbocycles. The molecule has 0 saturated heterocycles. The Morgan fingerprint density at radius 2 is 0.918 bits per heavy atom. The standard InChI is InChI=1S/C45H84O4/c1-3-5-7-9-11-13-15-17-19-20-21-22-23-24-25-27-29-31-33-35-37-39-41-48-43-44(42-46)49-45(47)40-38-36-34-32-30-28-26-18-16-14-12-10-8-6-4-2/h6,8,12,14,18,26,44,46H,3-5,7,9-11,13,15-17,19-25,27-43H2,1-2H3/b8-6-,14-12-,26-18-. The lowest BCUT2D eigenvalue weighted by Crippen LogP contribution is -2.27. The van der Waals surface area contributed by atoms with Crippen LogP contribution in [0.15, 0.2) is 36.5 Å². The summed E-state index contributed by atoms with van der Waals surface area (Å²) < 4.78 is 11.2. The summed E-state index contributed by atoms with van der Waals surface area (Å²) in [6.45, 7) is 5.25. The number of carbonyl (C=O) groups is 1. The average Bonchev–Trinajstić information content (AvgIpc) is 3.11. The number of aliphatic hydroxyl groups excluding tert-OH is 1. The van der Waals surface area contributed by atoms with E-state index in [1.807, 2.05) is 0 Å². The number of allylic oxidation sites excluding steroid dienone is 6. The van der Waals surface area contributed by atoms with E-state index in [0.29, 0.717) is 19.6 Å². The van der Waals surface area contributed by atoms with Crippen molar-refractivity contribution < 1.29 is 19.4 Å². The first-order chi connectivity index (χ1) is 24.2. The van der Waals surface area contributed by atoms with Crippen molar-refractivity contribution in [1.82, 2.24) is 0 Å². The molecule has 0 aliphatic carbocycles. The van der Waals surface area contributed by atoms with E-state index in [2.05, 4.69) is 50.3 Å². The Labute approximate surface area is 306 Å². The molecular formula is C45H84O4. The van der Waals surface area contributed by atoms with Crippen LogP contribution < -0.4 is 0 Å². The molecule has 0 bridgehead atoms. The molecule has 0 fully saturated rings. The molecule has 0 aromatic rings. The number of hydrogen-bond donors (Lipinski definition) is 1. The van der Waals surface area contributed by atoms with Crippen molar-refractivity contribution in [2.24, 2.45) is 0 Å². The van der Waals surface area contributed by atoms with Crippen LogP contribution in [0.5, 0.6) is 0 Å². The largest absolute Gasteiger partial charge is 0.457 e. The van der Waals surface area contributed by atoms with Crippen LogP contribution in [0, 0.1) is 0 Å². The molecule has 288 valence electrons. The van der Waals surface area contributed by atoms with E-state index in [0.717, 1.165) is 51.4 Å². The SMILES string of the molecule is CC/C=C\C/C=C\C/C=C\CCCCCCCC(=O)OC(CO)COCCCCCCCCCCCCCCCCCCCCCCCC. The van der Waals surface area contributed by atoms with Crippen molar-refractivity contribution in [3.8, 4) is 0 Å². The summed E-state index contributed by atoms with van der Waals surface area (Å²) in [4.78, 5) is 12.2. The number of esters is 1. The molecule has 1 N–H and O–H groups in total. The van der Waals surface area contributed by atoms with Crippen LogP contribution in [0.2, 0.25) is 0 Å². The van der Waals surface area contributed by atoms with Crippen molar-refractivity contribution >= 4 is 5.97 Å². The molecule has 0 spiro atoms. The van der Waals surface area contributed by atoms with Gasteiger partial charge in [-0.3, -0.25) is 4.79 Å². The molecule has 1 unspecified atom stereocenters. The zero-order valence-corrected chi connectivity index (χ0v) is 33.0. The van der Waals surface area contributed by atoms with E-state index < -0.39 is 6.10 Å². The van der Waals surface area contributed by atoms with Gasteiger partial charge in [-0.05, 0) is 44.9 Å². The highest BCUT2D eigenvalue weighted by Gasteiger charge is 2.13. The lowest BCUT2D eigenvalue weighted by molar-refractivity contribution is -0.154. The first kappa shape index (κ1) is 47.6. The smallest absolute Gasteiger partial charge is 0.306 e. The Hall–Kier alpha value is -1.39. The van der Waals surface area contributed by atoms with Crippen molar-refractivity contribution in [3.63, 3.8) is 0 Å². The molecule has 49 heavy (non-hydrogen) atoms. The Morgan fingerprint density at radius 3 is 1.39 bits per heavy atom. The second-order valence-electron chi connectivity index (χ2n) is 14.4. The van der Waals surface area contributed by atoms with Gasteiger partial charge in [0.1, 0.15) is 6.10 Å². The van der Waals surface area contributed by atoms with Crippen molar-refractivity contribution in [2.45, 2.75) is 225 Å². The summed E-state index contributed by atoms with van der Waals surface area (Å²) in [6, 6.07) is 0. The normalized spacial score (nSPS) is 12.6. The van der Waals surface area contributed by atoms with Crippen molar-refractivity contribution in [1.29, 1.82) is 0 Å². The molecule has 0 saturated carbocycles. The Kier molecular flexibility index (Phi) is 41.6. The molecule has 0 radical (unpaired) electrons. The van der Waals surface area contributed by atoms with Gasteiger partial charge in [0, 0.05) is 13.0 Å². The van der Waals surface area contributed by atoms with Gasteiger partial charge in [-0.15, -0.1) is 0 Å². The lowest BCUT2D eigenvalue weighted by atomic mass is 10.0. The predicted molar refractivity (Wildman–Crippen MR) is 214 cm³/mol. The minimum Gasteiger partial charge on any atom is -0.457 e. The van der Waals surface area contributed by atoms with Gasteiger partial charge >= 0.3 is 5.97 Å². The number of rotatable bonds is 40. The van der Waals surface area contributed by atoms with Crippen LogP contribution in [0.1, 0.15) is 219 Å². The first-order valence-corrected chi connectivity index (χ1v) is 21.6. The van der Waals surface area contributed by atoms with E-state index in [9.17, 15) is 9.90 Å². The Bertz CT molecular complexity index is 728. The van der Waals surface area contributed by atoms with E-state index in [1.54, 1.807) is 0 Å². The second kappa shape index (κ2) is 42.8. The van der Waals surface area contributed by atoms with Gasteiger partial charge in [0.2, 0.25) is 0 Å². The molecule has 0 aromatic heterocycles. The fourth-order valence-electron chi connectivity index (χ4n) is 6.28. The Morgan fingerprint density at radius 1 is 0.510 bits per heavy atom.